The van der Waals surface area contributed by atoms with E-state index in [9.17, 15) is 0 Å². The van der Waals surface area contributed by atoms with Crippen molar-refractivity contribution < 1.29 is 0 Å². The molecular formula is C10H21N. The van der Waals surface area contributed by atoms with Crippen LogP contribution in [0.25, 0.3) is 0 Å². The summed E-state index contributed by atoms with van der Waals surface area (Å²) in [5, 5.41) is 0. The van der Waals surface area contributed by atoms with E-state index >= 15 is 0 Å². The molecule has 0 aromatic heterocycles. The van der Waals surface area contributed by atoms with Gasteiger partial charge in [0.2, 0.25) is 0 Å². The molecule has 0 bridgehead atoms. The molecule has 1 aliphatic rings. The van der Waals surface area contributed by atoms with Crippen LogP contribution < -0.4 is 0 Å². The zero-order chi connectivity index (χ0) is 8.10. The Hall–Kier alpha value is -0.0400. The molecular weight excluding hydrogens is 134 g/mol. The normalized spacial score (nSPS) is 23.2. The lowest BCUT2D eigenvalue weighted by atomic mass is 10.1. The molecule has 1 rings (SSSR count). The first-order valence-electron chi connectivity index (χ1n) is 5.05. The minimum Gasteiger partial charge on any atom is -0.301 e. The van der Waals surface area contributed by atoms with E-state index < -0.39 is 0 Å². The van der Waals surface area contributed by atoms with Gasteiger partial charge in [-0.05, 0) is 39.8 Å². The molecule has 11 heavy (non-hydrogen) atoms. The molecule has 66 valence electrons. The zero-order valence-corrected chi connectivity index (χ0v) is 7.97. The predicted octanol–water partition coefficient (Wildman–Crippen LogP) is 2.66. The lowest BCUT2D eigenvalue weighted by molar-refractivity contribution is 0.202. The zero-order valence-electron chi connectivity index (χ0n) is 7.97. The Bertz CT molecular complexity index is 91.0. The highest BCUT2D eigenvalue weighted by Gasteiger charge is 2.09. The van der Waals surface area contributed by atoms with Gasteiger partial charge in [-0.3, -0.25) is 0 Å². The largest absolute Gasteiger partial charge is 0.301 e. The Kier molecular flexibility index (Phi) is 3.92. The van der Waals surface area contributed by atoms with Crippen LogP contribution in [0, 0.1) is 0 Å². The van der Waals surface area contributed by atoms with Crippen molar-refractivity contribution >= 4 is 0 Å². The molecule has 1 saturated heterocycles. The van der Waals surface area contributed by atoms with Gasteiger partial charge >= 0.3 is 0 Å². The summed E-state index contributed by atoms with van der Waals surface area (Å²) >= 11 is 0. The number of rotatable bonds is 1. The Balaban J connectivity index is 2.26. The SMILES string of the molecule is CC(C)N1CCCCCCC1. The first-order valence-corrected chi connectivity index (χ1v) is 5.05. The van der Waals surface area contributed by atoms with E-state index in [2.05, 4.69) is 18.7 Å². The highest BCUT2D eigenvalue weighted by atomic mass is 15.1. The quantitative estimate of drug-likeness (QED) is 0.562. The number of hydrogen-bond donors (Lipinski definition) is 0. The molecule has 0 N–H and O–H groups in total. The summed E-state index contributed by atoms with van der Waals surface area (Å²) < 4.78 is 0. The fourth-order valence-corrected chi connectivity index (χ4v) is 1.79. The van der Waals surface area contributed by atoms with Crippen molar-refractivity contribution in [1.82, 2.24) is 4.90 Å². The summed E-state index contributed by atoms with van der Waals surface area (Å²) in [4.78, 5) is 2.61. The molecule has 1 nitrogen and oxygen atoms in total. The average Bonchev–Trinajstić information content (AvgIpc) is 1.84. The van der Waals surface area contributed by atoms with Gasteiger partial charge in [0.05, 0.1) is 0 Å². The summed E-state index contributed by atoms with van der Waals surface area (Å²) in [6, 6.07) is 0.758. The second kappa shape index (κ2) is 4.76. The monoisotopic (exact) mass is 155 g/mol. The molecule has 1 heteroatoms. The second-order valence-corrected chi connectivity index (χ2v) is 3.90. The maximum atomic E-state index is 2.61. The van der Waals surface area contributed by atoms with E-state index in [-0.39, 0.29) is 0 Å². The van der Waals surface area contributed by atoms with E-state index in [1.54, 1.807) is 0 Å². The molecule has 0 atom stereocenters. The van der Waals surface area contributed by atoms with Gasteiger partial charge in [0.25, 0.3) is 0 Å². The van der Waals surface area contributed by atoms with Crippen LogP contribution in [0.5, 0.6) is 0 Å². The van der Waals surface area contributed by atoms with E-state index in [1.165, 1.54) is 45.2 Å². The van der Waals surface area contributed by atoms with Crippen molar-refractivity contribution in [3.8, 4) is 0 Å². The van der Waals surface area contributed by atoms with E-state index in [0.717, 1.165) is 6.04 Å². The van der Waals surface area contributed by atoms with Gasteiger partial charge in [0.15, 0.2) is 0 Å². The first-order chi connectivity index (χ1) is 5.30. The molecule has 0 amide bonds. The lowest BCUT2D eigenvalue weighted by Gasteiger charge is -2.27. The van der Waals surface area contributed by atoms with Crippen LogP contribution in [-0.2, 0) is 0 Å². The molecule has 0 saturated carbocycles. The van der Waals surface area contributed by atoms with Gasteiger partial charge in [0, 0.05) is 6.04 Å². The van der Waals surface area contributed by atoms with Crippen molar-refractivity contribution in [3.05, 3.63) is 0 Å². The molecule has 1 fully saturated rings. The van der Waals surface area contributed by atoms with Gasteiger partial charge in [-0.2, -0.15) is 0 Å². The predicted molar refractivity (Wildman–Crippen MR) is 49.8 cm³/mol. The van der Waals surface area contributed by atoms with Gasteiger partial charge in [-0.25, -0.2) is 0 Å². The maximum Gasteiger partial charge on any atom is 0.00385 e. The lowest BCUT2D eigenvalue weighted by Crippen LogP contribution is -2.33. The Morgan fingerprint density at radius 2 is 1.27 bits per heavy atom. The van der Waals surface area contributed by atoms with Crippen molar-refractivity contribution in [1.29, 1.82) is 0 Å². The van der Waals surface area contributed by atoms with Crippen LogP contribution >= 0.6 is 0 Å². The molecule has 0 aromatic carbocycles. The van der Waals surface area contributed by atoms with Crippen molar-refractivity contribution in [2.45, 2.75) is 52.0 Å². The summed E-state index contributed by atoms with van der Waals surface area (Å²) in [6.45, 7) is 7.28. The van der Waals surface area contributed by atoms with Crippen LogP contribution in [-0.4, -0.2) is 24.0 Å². The topological polar surface area (TPSA) is 3.24 Å². The molecule has 1 aliphatic heterocycles. The Morgan fingerprint density at radius 3 is 1.73 bits per heavy atom. The second-order valence-electron chi connectivity index (χ2n) is 3.90. The van der Waals surface area contributed by atoms with E-state index in [4.69, 9.17) is 0 Å². The third-order valence-corrected chi connectivity index (χ3v) is 2.62. The molecule has 0 aromatic rings. The molecule has 1 heterocycles. The number of hydrogen-bond acceptors (Lipinski definition) is 1. The standard InChI is InChI=1S/C10H21N/c1-10(2)11-8-6-4-3-5-7-9-11/h10H,3-9H2,1-2H3. The minimum absolute atomic E-state index is 0.758. The molecule has 0 radical (unpaired) electrons. The molecule has 0 aliphatic carbocycles. The molecule has 0 unspecified atom stereocenters. The van der Waals surface area contributed by atoms with Crippen LogP contribution in [0.2, 0.25) is 0 Å². The highest BCUT2D eigenvalue weighted by molar-refractivity contribution is 4.65. The third-order valence-electron chi connectivity index (χ3n) is 2.62. The number of nitrogens with zero attached hydrogens (tertiary/aromatic N) is 1. The summed E-state index contributed by atoms with van der Waals surface area (Å²) in [5.41, 5.74) is 0. The number of likely N-dealkylation sites (tertiary alicyclic amines) is 1. The minimum atomic E-state index is 0.758. The Labute approximate surface area is 70.8 Å². The van der Waals surface area contributed by atoms with Gasteiger partial charge in [-0.15, -0.1) is 0 Å². The highest BCUT2D eigenvalue weighted by Crippen LogP contribution is 2.12. The van der Waals surface area contributed by atoms with Crippen LogP contribution in [0.15, 0.2) is 0 Å². The van der Waals surface area contributed by atoms with Crippen molar-refractivity contribution in [2.24, 2.45) is 0 Å². The van der Waals surface area contributed by atoms with Crippen molar-refractivity contribution in [2.75, 3.05) is 13.1 Å². The van der Waals surface area contributed by atoms with Crippen LogP contribution in [0.1, 0.15) is 46.0 Å². The maximum absolute atomic E-state index is 2.61. The smallest absolute Gasteiger partial charge is 0.00385 e. The fourth-order valence-electron chi connectivity index (χ4n) is 1.79. The average molecular weight is 155 g/mol. The van der Waals surface area contributed by atoms with Crippen molar-refractivity contribution in [3.63, 3.8) is 0 Å². The van der Waals surface area contributed by atoms with Crippen LogP contribution in [0.4, 0.5) is 0 Å². The van der Waals surface area contributed by atoms with Gasteiger partial charge in [-0.1, -0.05) is 19.3 Å². The first kappa shape index (κ1) is 9.05. The summed E-state index contributed by atoms with van der Waals surface area (Å²) in [6.07, 6.45) is 7.19. The van der Waals surface area contributed by atoms with E-state index in [1.807, 2.05) is 0 Å². The molecule has 0 spiro atoms. The fraction of sp³-hybridized carbons (Fsp3) is 1.00. The van der Waals surface area contributed by atoms with Gasteiger partial charge in [0.1, 0.15) is 0 Å². The third kappa shape index (κ3) is 3.24. The van der Waals surface area contributed by atoms with Crippen LogP contribution in [0.3, 0.4) is 0 Å². The van der Waals surface area contributed by atoms with Gasteiger partial charge < -0.3 is 4.90 Å². The summed E-state index contributed by atoms with van der Waals surface area (Å²) in [5.74, 6) is 0. The Morgan fingerprint density at radius 1 is 0.818 bits per heavy atom. The van der Waals surface area contributed by atoms with E-state index in [0.29, 0.717) is 0 Å². The summed E-state index contributed by atoms with van der Waals surface area (Å²) in [7, 11) is 0.